The number of halogens is 1. The minimum absolute atomic E-state index is 0.0739. The van der Waals surface area contributed by atoms with Crippen LogP contribution in [0.15, 0.2) is 18.2 Å². The van der Waals surface area contributed by atoms with Gasteiger partial charge in [-0.25, -0.2) is 4.39 Å². The summed E-state index contributed by atoms with van der Waals surface area (Å²) in [6.45, 7) is 3.29. The van der Waals surface area contributed by atoms with Gasteiger partial charge < -0.3 is 5.11 Å². The first-order valence-electron chi connectivity index (χ1n) is 5.14. The third-order valence-corrected chi connectivity index (χ3v) is 2.72. The fraction of sp³-hybridized carbons (Fsp3) is 0.417. The van der Waals surface area contributed by atoms with Gasteiger partial charge in [0.1, 0.15) is 11.9 Å². The van der Waals surface area contributed by atoms with E-state index in [4.69, 9.17) is 5.26 Å². The number of β-amino-alcohol motifs (C(OH)–C–C–N with tert-alkyl or cyclic N) is 1. The van der Waals surface area contributed by atoms with Gasteiger partial charge in [0.15, 0.2) is 0 Å². The minimum atomic E-state index is -0.649. The average Bonchev–Trinajstić information content (AvgIpc) is 2.18. The van der Waals surface area contributed by atoms with E-state index in [-0.39, 0.29) is 5.56 Å². The molecule has 1 aliphatic heterocycles. The highest BCUT2D eigenvalue weighted by Crippen LogP contribution is 2.23. The van der Waals surface area contributed by atoms with Crippen LogP contribution in [0.1, 0.15) is 18.1 Å². The molecule has 1 heterocycles. The second-order valence-electron chi connectivity index (χ2n) is 4.53. The summed E-state index contributed by atoms with van der Waals surface area (Å²) in [5, 5.41) is 18.2. The van der Waals surface area contributed by atoms with Crippen molar-refractivity contribution in [2.75, 3.05) is 13.1 Å². The molecule has 0 aliphatic carbocycles. The quantitative estimate of drug-likeness (QED) is 0.816. The van der Waals surface area contributed by atoms with Crippen LogP contribution in [0, 0.1) is 17.1 Å². The maximum atomic E-state index is 13.7. The lowest BCUT2D eigenvalue weighted by Crippen LogP contribution is -2.59. The van der Waals surface area contributed by atoms with Gasteiger partial charge >= 0.3 is 0 Å². The van der Waals surface area contributed by atoms with Crippen molar-refractivity contribution in [3.63, 3.8) is 0 Å². The molecule has 1 fully saturated rings. The SMILES string of the molecule is CC1(O)CN(Cc2cccc(C#N)c2F)C1. The molecule has 84 valence electrons. The monoisotopic (exact) mass is 220 g/mol. The average molecular weight is 220 g/mol. The Bertz CT molecular complexity index is 443. The van der Waals surface area contributed by atoms with Crippen LogP contribution in [0.2, 0.25) is 0 Å². The molecule has 3 nitrogen and oxygen atoms in total. The number of likely N-dealkylation sites (tertiary alicyclic amines) is 1. The molecule has 0 radical (unpaired) electrons. The molecule has 0 saturated carbocycles. The molecule has 1 aromatic carbocycles. The van der Waals surface area contributed by atoms with Crippen LogP contribution in [-0.2, 0) is 6.54 Å². The number of nitriles is 1. The second-order valence-corrected chi connectivity index (χ2v) is 4.53. The van der Waals surface area contributed by atoms with Crippen LogP contribution in [-0.4, -0.2) is 28.7 Å². The number of hydrogen-bond acceptors (Lipinski definition) is 3. The Morgan fingerprint density at radius 3 is 2.81 bits per heavy atom. The molecule has 0 spiro atoms. The predicted octanol–water partition coefficient (Wildman–Crippen LogP) is 1.26. The van der Waals surface area contributed by atoms with Crippen LogP contribution in [0.4, 0.5) is 4.39 Å². The van der Waals surface area contributed by atoms with Crippen molar-refractivity contribution in [3.05, 3.63) is 35.1 Å². The highest BCUT2D eigenvalue weighted by Gasteiger charge is 2.36. The summed E-state index contributed by atoms with van der Waals surface area (Å²) in [5.74, 6) is -0.448. The van der Waals surface area contributed by atoms with Crippen LogP contribution in [0.5, 0.6) is 0 Å². The summed E-state index contributed by atoms with van der Waals surface area (Å²) in [5.41, 5.74) is -0.0668. The number of rotatable bonds is 2. The summed E-state index contributed by atoms with van der Waals surface area (Å²) >= 11 is 0. The zero-order valence-corrected chi connectivity index (χ0v) is 9.07. The van der Waals surface area contributed by atoms with Crippen molar-refractivity contribution in [2.45, 2.75) is 19.1 Å². The highest BCUT2D eigenvalue weighted by molar-refractivity contribution is 5.35. The third kappa shape index (κ3) is 2.06. The molecule has 0 aromatic heterocycles. The molecule has 2 rings (SSSR count). The number of benzene rings is 1. The molecule has 0 amide bonds. The Balaban J connectivity index is 2.09. The van der Waals surface area contributed by atoms with E-state index in [0.29, 0.717) is 25.2 Å². The van der Waals surface area contributed by atoms with Crippen LogP contribution in [0.25, 0.3) is 0 Å². The first kappa shape index (κ1) is 11.1. The molecule has 16 heavy (non-hydrogen) atoms. The molecule has 0 unspecified atom stereocenters. The van der Waals surface area contributed by atoms with Crippen molar-refractivity contribution < 1.29 is 9.50 Å². The van der Waals surface area contributed by atoms with Gasteiger partial charge in [-0.3, -0.25) is 4.90 Å². The van der Waals surface area contributed by atoms with Crippen LogP contribution in [0.3, 0.4) is 0 Å². The zero-order valence-electron chi connectivity index (χ0n) is 9.07. The third-order valence-electron chi connectivity index (χ3n) is 2.72. The van der Waals surface area contributed by atoms with E-state index in [2.05, 4.69) is 0 Å². The molecule has 0 atom stereocenters. The fourth-order valence-corrected chi connectivity index (χ4v) is 2.06. The maximum absolute atomic E-state index is 13.7. The molecule has 1 aliphatic rings. The van der Waals surface area contributed by atoms with E-state index in [1.54, 1.807) is 19.1 Å². The summed E-state index contributed by atoms with van der Waals surface area (Å²) in [7, 11) is 0. The zero-order chi connectivity index (χ0) is 11.8. The smallest absolute Gasteiger partial charge is 0.145 e. The summed E-state index contributed by atoms with van der Waals surface area (Å²) in [6.07, 6.45) is 0. The maximum Gasteiger partial charge on any atom is 0.145 e. The van der Waals surface area contributed by atoms with Gasteiger partial charge in [0.25, 0.3) is 0 Å². The number of nitrogens with zero attached hydrogens (tertiary/aromatic N) is 2. The first-order valence-corrected chi connectivity index (χ1v) is 5.14. The largest absolute Gasteiger partial charge is 0.388 e. The normalized spacial score (nSPS) is 18.9. The fourth-order valence-electron chi connectivity index (χ4n) is 2.06. The lowest BCUT2D eigenvalue weighted by atomic mass is 9.96. The Morgan fingerprint density at radius 2 is 2.25 bits per heavy atom. The van der Waals surface area contributed by atoms with E-state index in [1.165, 1.54) is 6.07 Å². The number of aliphatic hydroxyl groups is 1. The lowest BCUT2D eigenvalue weighted by molar-refractivity contribution is -0.0874. The highest BCUT2D eigenvalue weighted by atomic mass is 19.1. The standard InChI is InChI=1S/C12H13FN2O/c1-12(16)7-15(8-12)6-10-4-2-3-9(5-14)11(10)13/h2-4,16H,6-8H2,1H3. The molecule has 4 heteroatoms. The van der Waals surface area contributed by atoms with E-state index in [9.17, 15) is 9.50 Å². The van der Waals surface area contributed by atoms with Gasteiger partial charge in [-0.2, -0.15) is 5.26 Å². The van der Waals surface area contributed by atoms with Gasteiger partial charge in [-0.05, 0) is 13.0 Å². The summed E-state index contributed by atoms with van der Waals surface area (Å²) in [4.78, 5) is 1.94. The Hall–Kier alpha value is -1.44. The van der Waals surface area contributed by atoms with Crippen LogP contribution >= 0.6 is 0 Å². The molecular weight excluding hydrogens is 207 g/mol. The predicted molar refractivity (Wildman–Crippen MR) is 57.0 cm³/mol. The van der Waals surface area contributed by atoms with Gasteiger partial charge in [-0.15, -0.1) is 0 Å². The van der Waals surface area contributed by atoms with Gasteiger partial charge in [-0.1, -0.05) is 12.1 Å². The second kappa shape index (κ2) is 3.85. The molecular formula is C12H13FN2O. The van der Waals surface area contributed by atoms with Gasteiger partial charge in [0.05, 0.1) is 11.2 Å². The Kier molecular flexibility index (Phi) is 2.66. The van der Waals surface area contributed by atoms with Crippen molar-refractivity contribution in [1.29, 1.82) is 5.26 Å². The molecule has 1 saturated heterocycles. The Morgan fingerprint density at radius 1 is 1.56 bits per heavy atom. The van der Waals surface area contributed by atoms with Crippen LogP contribution < -0.4 is 0 Å². The van der Waals surface area contributed by atoms with Crippen molar-refractivity contribution in [2.24, 2.45) is 0 Å². The minimum Gasteiger partial charge on any atom is -0.388 e. The van der Waals surface area contributed by atoms with Crippen molar-refractivity contribution >= 4 is 0 Å². The summed E-state index contributed by atoms with van der Waals surface area (Å²) < 4.78 is 13.7. The van der Waals surface area contributed by atoms with Gasteiger partial charge in [0.2, 0.25) is 0 Å². The van der Waals surface area contributed by atoms with E-state index >= 15 is 0 Å². The Labute approximate surface area is 93.7 Å². The molecule has 1 N–H and O–H groups in total. The molecule has 1 aromatic rings. The number of hydrogen-bond donors (Lipinski definition) is 1. The van der Waals surface area contributed by atoms with Gasteiger partial charge in [0, 0.05) is 25.2 Å². The van der Waals surface area contributed by atoms with E-state index < -0.39 is 11.4 Å². The first-order chi connectivity index (χ1) is 7.52. The van der Waals surface area contributed by atoms with Crippen molar-refractivity contribution in [1.82, 2.24) is 4.90 Å². The topological polar surface area (TPSA) is 47.3 Å². The van der Waals surface area contributed by atoms with E-state index in [1.807, 2.05) is 11.0 Å². The van der Waals surface area contributed by atoms with E-state index in [0.717, 1.165) is 0 Å². The van der Waals surface area contributed by atoms with Crippen molar-refractivity contribution in [3.8, 4) is 6.07 Å². The lowest BCUT2D eigenvalue weighted by Gasteiger charge is -2.44. The summed E-state index contributed by atoms with van der Waals surface area (Å²) in [6, 6.07) is 6.63. The molecule has 0 bridgehead atoms.